The number of rotatable bonds is 2. The molecule has 0 unspecified atom stereocenters. The maximum Gasteiger partial charge on any atom is 0.168 e. The summed E-state index contributed by atoms with van der Waals surface area (Å²) in [6, 6.07) is 8.20. The van der Waals surface area contributed by atoms with Crippen molar-refractivity contribution in [3.63, 3.8) is 0 Å². The van der Waals surface area contributed by atoms with Gasteiger partial charge in [-0.05, 0) is 23.7 Å². The highest BCUT2D eigenvalue weighted by atomic mass is 32.2. The van der Waals surface area contributed by atoms with Gasteiger partial charge in [0.2, 0.25) is 0 Å². The number of benzene rings is 1. The Morgan fingerprint density at radius 3 is 2.83 bits per heavy atom. The first-order valence-corrected chi connectivity index (χ1v) is 7.49. The molecule has 0 bridgehead atoms. The van der Waals surface area contributed by atoms with E-state index in [4.69, 9.17) is 0 Å². The summed E-state index contributed by atoms with van der Waals surface area (Å²) in [5, 5.41) is 0.540. The summed E-state index contributed by atoms with van der Waals surface area (Å²) in [7, 11) is 0. The molecule has 1 aromatic carbocycles. The van der Waals surface area contributed by atoms with E-state index in [1.807, 2.05) is 23.9 Å². The molecule has 0 aliphatic heterocycles. The minimum Gasteiger partial charge on any atom is -0.294 e. The van der Waals surface area contributed by atoms with Crippen LogP contribution in [0.2, 0.25) is 0 Å². The van der Waals surface area contributed by atoms with E-state index in [2.05, 4.69) is 38.1 Å². The highest BCUT2D eigenvalue weighted by Crippen LogP contribution is 2.57. The molecule has 0 spiro atoms. The molecule has 18 heavy (non-hydrogen) atoms. The first kappa shape index (κ1) is 12.0. The number of hydrogen-bond donors (Lipinski definition) is 0. The number of allylic oxidation sites excluding steroid dienone is 2. The SMILES string of the molecule is CC(C)S[C@]12CC=CC[C@H]1C(=O)c1ccccc12. The van der Waals surface area contributed by atoms with Crippen molar-refractivity contribution in [3.05, 3.63) is 47.5 Å². The maximum absolute atomic E-state index is 12.6. The Morgan fingerprint density at radius 1 is 1.28 bits per heavy atom. The van der Waals surface area contributed by atoms with E-state index in [1.54, 1.807) is 0 Å². The zero-order chi connectivity index (χ0) is 12.8. The molecule has 2 heteroatoms. The van der Waals surface area contributed by atoms with Gasteiger partial charge in [-0.2, -0.15) is 0 Å². The smallest absolute Gasteiger partial charge is 0.168 e. The molecule has 0 fully saturated rings. The van der Waals surface area contributed by atoms with E-state index in [0.29, 0.717) is 11.0 Å². The van der Waals surface area contributed by atoms with Crippen LogP contribution in [0.5, 0.6) is 0 Å². The van der Waals surface area contributed by atoms with Crippen LogP contribution in [0, 0.1) is 5.92 Å². The topological polar surface area (TPSA) is 17.1 Å². The summed E-state index contributed by atoms with van der Waals surface area (Å²) >= 11 is 1.97. The number of hydrogen-bond acceptors (Lipinski definition) is 2. The second-order valence-corrected chi connectivity index (χ2v) is 7.34. The van der Waals surface area contributed by atoms with Crippen molar-refractivity contribution in [2.24, 2.45) is 5.92 Å². The monoisotopic (exact) mass is 258 g/mol. The van der Waals surface area contributed by atoms with Gasteiger partial charge >= 0.3 is 0 Å². The minimum atomic E-state index is -0.00338. The second kappa shape index (κ2) is 4.27. The van der Waals surface area contributed by atoms with Gasteiger partial charge in [0.25, 0.3) is 0 Å². The van der Waals surface area contributed by atoms with Gasteiger partial charge in [-0.3, -0.25) is 4.79 Å². The lowest BCUT2D eigenvalue weighted by Gasteiger charge is -2.37. The van der Waals surface area contributed by atoms with Crippen LogP contribution in [-0.2, 0) is 4.75 Å². The highest BCUT2D eigenvalue weighted by Gasteiger charge is 2.52. The molecule has 1 aromatic rings. The summed E-state index contributed by atoms with van der Waals surface area (Å²) in [6.45, 7) is 4.44. The first-order chi connectivity index (χ1) is 8.65. The highest BCUT2D eigenvalue weighted by molar-refractivity contribution is 8.00. The standard InChI is InChI=1S/C16H18OS/c1-11(2)18-16-10-6-5-9-14(16)15(17)12-7-3-4-8-13(12)16/h3-8,11,14H,9-10H2,1-2H3/t14-,16-/m0/s1. The minimum absolute atomic E-state index is 0.00338. The van der Waals surface area contributed by atoms with Gasteiger partial charge in [0.15, 0.2) is 5.78 Å². The maximum atomic E-state index is 12.6. The van der Waals surface area contributed by atoms with Crippen LogP contribution in [0.25, 0.3) is 0 Å². The van der Waals surface area contributed by atoms with E-state index >= 15 is 0 Å². The Balaban J connectivity index is 2.16. The molecule has 0 radical (unpaired) electrons. The molecule has 3 rings (SSSR count). The Kier molecular flexibility index (Phi) is 2.86. The van der Waals surface area contributed by atoms with Crippen LogP contribution in [0.1, 0.15) is 42.6 Å². The number of fused-ring (bicyclic) bond motifs is 3. The molecular weight excluding hydrogens is 240 g/mol. The van der Waals surface area contributed by atoms with Gasteiger partial charge in [-0.25, -0.2) is 0 Å². The molecule has 0 aromatic heterocycles. The van der Waals surface area contributed by atoms with Crippen molar-refractivity contribution in [2.45, 2.75) is 36.7 Å². The summed E-state index contributed by atoms with van der Waals surface area (Å²) in [5.41, 5.74) is 2.22. The summed E-state index contributed by atoms with van der Waals surface area (Å²) in [4.78, 5) is 12.6. The van der Waals surface area contributed by atoms with E-state index in [-0.39, 0.29) is 10.7 Å². The van der Waals surface area contributed by atoms with Gasteiger partial charge in [0, 0.05) is 11.5 Å². The molecule has 2 aliphatic rings. The van der Waals surface area contributed by atoms with Gasteiger partial charge in [-0.1, -0.05) is 50.3 Å². The van der Waals surface area contributed by atoms with Crippen LogP contribution in [0.15, 0.2) is 36.4 Å². The summed E-state index contributed by atoms with van der Waals surface area (Å²) < 4.78 is -0.00338. The zero-order valence-electron chi connectivity index (χ0n) is 10.8. The number of Topliss-reactive ketones (excluding diaryl/α,β-unsaturated/α-hetero) is 1. The third kappa shape index (κ3) is 1.58. The van der Waals surface area contributed by atoms with E-state index in [0.717, 1.165) is 18.4 Å². The van der Waals surface area contributed by atoms with Gasteiger partial charge in [0.1, 0.15) is 0 Å². The van der Waals surface area contributed by atoms with Crippen LogP contribution < -0.4 is 0 Å². The Hall–Kier alpha value is -1.02. The Bertz CT molecular complexity index is 518. The van der Waals surface area contributed by atoms with Crippen molar-refractivity contribution in [2.75, 3.05) is 0 Å². The Labute approximate surface area is 113 Å². The number of carbonyl (C=O) groups excluding carboxylic acids is 1. The predicted octanol–water partition coefficient (Wildman–Crippen LogP) is 4.19. The average molecular weight is 258 g/mol. The van der Waals surface area contributed by atoms with Crippen LogP contribution in [0.3, 0.4) is 0 Å². The van der Waals surface area contributed by atoms with Gasteiger partial charge < -0.3 is 0 Å². The van der Waals surface area contributed by atoms with Crippen molar-refractivity contribution in [1.29, 1.82) is 0 Å². The van der Waals surface area contributed by atoms with Crippen LogP contribution >= 0.6 is 11.8 Å². The lowest BCUT2D eigenvalue weighted by Crippen LogP contribution is -2.33. The van der Waals surface area contributed by atoms with Crippen LogP contribution in [0.4, 0.5) is 0 Å². The fourth-order valence-corrected chi connectivity index (χ4v) is 5.01. The summed E-state index contributed by atoms with van der Waals surface area (Å²) in [5.74, 6) is 0.496. The number of carbonyl (C=O) groups is 1. The molecule has 0 heterocycles. The first-order valence-electron chi connectivity index (χ1n) is 6.61. The quantitative estimate of drug-likeness (QED) is 0.740. The molecule has 0 N–H and O–H groups in total. The predicted molar refractivity (Wildman–Crippen MR) is 77.0 cm³/mol. The van der Waals surface area contributed by atoms with Gasteiger partial charge in [-0.15, -0.1) is 11.8 Å². The van der Waals surface area contributed by atoms with Crippen molar-refractivity contribution >= 4 is 17.5 Å². The van der Waals surface area contributed by atoms with Crippen molar-refractivity contribution in [1.82, 2.24) is 0 Å². The second-order valence-electron chi connectivity index (χ2n) is 5.43. The third-order valence-corrected chi connectivity index (χ3v) is 5.50. The van der Waals surface area contributed by atoms with Crippen molar-refractivity contribution < 1.29 is 4.79 Å². The number of ketones is 1. The van der Waals surface area contributed by atoms with E-state index in [1.165, 1.54) is 5.56 Å². The molecule has 0 saturated heterocycles. The van der Waals surface area contributed by atoms with E-state index in [9.17, 15) is 4.79 Å². The lowest BCUT2D eigenvalue weighted by molar-refractivity contribution is 0.0913. The molecule has 94 valence electrons. The molecule has 0 saturated carbocycles. The fourth-order valence-electron chi connectivity index (χ4n) is 3.31. The molecule has 0 amide bonds. The lowest BCUT2D eigenvalue weighted by atomic mass is 9.82. The average Bonchev–Trinajstić information content (AvgIpc) is 2.60. The van der Waals surface area contributed by atoms with Crippen LogP contribution in [-0.4, -0.2) is 11.0 Å². The normalized spacial score (nSPS) is 29.5. The molecule has 2 aliphatic carbocycles. The number of thioether (sulfide) groups is 1. The molecular formula is C16H18OS. The summed E-state index contributed by atoms with van der Waals surface area (Å²) in [6.07, 6.45) is 6.31. The molecule has 2 atom stereocenters. The van der Waals surface area contributed by atoms with Gasteiger partial charge in [0.05, 0.1) is 4.75 Å². The van der Waals surface area contributed by atoms with E-state index < -0.39 is 0 Å². The third-order valence-electron chi connectivity index (χ3n) is 3.93. The fraction of sp³-hybridized carbons (Fsp3) is 0.438. The zero-order valence-corrected chi connectivity index (χ0v) is 11.7. The van der Waals surface area contributed by atoms with Crippen molar-refractivity contribution in [3.8, 4) is 0 Å². The molecule has 1 nitrogen and oxygen atoms in total. The Morgan fingerprint density at radius 2 is 2.06 bits per heavy atom. The largest absolute Gasteiger partial charge is 0.294 e.